The van der Waals surface area contributed by atoms with Gasteiger partial charge in [0.2, 0.25) is 0 Å². The van der Waals surface area contributed by atoms with Crippen molar-refractivity contribution in [3.63, 3.8) is 0 Å². The number of carboxylic acids is 1. The van der Waals surface area contributed by atoms with Gasteiger partial charge < -0.3 is 25.7 Å². The number of hydrogen-bond acceptors (Lipinski definition) is 4. The van der Waals surface area contributed by atoms with Gasteiger partial charge in [-0.2, -0.15) is 0 Å². The zero-order valence-corrected chi connectivity index (χ0v) is 11.6. The van der Waals surface area contributed by atoms with Gasteiger partial charge in [-0.25, -0.2) is 9.59 Å². The topological polar surface area (TPSA) is 102 Å². The van der Waals surface area contributed by atoms with E-state index < -0.39 is 24.1 Å². The lowest BCUT2D eigenvalue weighted by atomic mass is 10.2. The summed E-state index contributed by atoms with van der Waals surface area (Å²) in [6, 6.07) is 5.06. The summed E-state index contributed by atoms with van der Waals surface area (Å²) in [7, 11) is 3.66. The van der Waals surface area contributed by atoms with Crippen molar-refractivity contribution < 1.29 is 19.8 Å². The maximum absolute atomic E-state index is 11.8. The number of para-hydroxylation sites is 2. The van der Waals surface area contributed by atoms with Gasteiger partial charge in [0.05, 0.1) is 17.5 Å². The number of aliphatic carboxylic acids is 1. The number of aliphatic hydroxyl groups excluding tert-OH is 1. The van der Waals surface area contributed by atoms with E-state index >= 15 is 0 Å². The molecule has 4 N–H and O–H groups in total. The van der Waals surface area contributed by atoms with Crippen molar-refractivity contribution >= 4 is 23.4 Å². The fourth-order valence-corrected chi connectivity index (χ4v) is 1.66. The number of carbonyl (C=O) groups is 2. The molecule has 20 heavy (non-hydrogen) atoms. The predicted octanol–water partition coefficient (Wildman–Crippen LogP) is 0.708. The first-order chi connectivity index (χ1) is 9.32. The summed E-state index contributed by atoms with van der Waals surface area (Å²) in [5, 5.41) is 23.0. The minimum atomic E-state index is -1.36. The van der Waals surface area contributed by atoms with Crippen molar-refractivity contribution in [2.75, 3.05) is 24.3 Å². The summed E-state index contributed by atoms with van der Waals surface area (Å²) in [6.45, 7) is 1.30. The maximum atomic E-state index is 11.8. The molecule has 0 heterocycles. The highest BCUT2D eigenvalue weighted by atomic mass is 16.4. The van der Waals surface area contributed by atoms with E-state index in [9.17, 15) is 14.7 Å². The highest BCUT2D eigenvalue weighted by Gasteiger charge is 2.25. The van der Waals surface area contributed by atoms with Gasteiger partial charge in [-0.15, -0.1) is 0 Å². The Kier molecular flexibility index (Phi) is 5.33. The molecule has 0 aromatic heterocycles. The molecule has 1 rings (SSSR count). The van der Waals surface area contributed by atoms with Crippen molar-refractivity contribution in [3.8, 4) is 0 Å². The van der Waals surface area contributed by atoms with Gasteiger partial charge in [0, 0.05) is 14.1 Å². The average Bonchev–Trinajstić information content (AvgIpc) is 2.35. The summed E-state index contributed by atoms with van der Waals surface area (Å²) >= 11 is 0. The van der Waals surface area contributed by atoms with Crippen molar-refractivity contribution in [1.29, 1.82) is 0 Å². The quantitative estimate of drug-likeness (QED) is 0.636. The molecular formula is C13H19N3O4. The molecule has 2 amide bonds. The smallest absolute Gasteiger partial charge is 0.328 e. The van der Waals surface area contributed by atoms with Crippen LogP contribution in [0, 0.1) is 0 Å². The number of rotatable bonds is 5. The summed E-state index contributed by atoms with van der Waals surface area (Å²) < 4.78 is 0. The SMILES string of the molecule is CC(O)C(NC(=O)Nc1ccccc1N(C)C)C(=O)O. The number of carbonyl (C=O) groups excluding carboxylic acids is 1. The standard InChI is InChI=1S/C13H19N3O4/c1-8(17)11(12(18)19)15-13(20)14-9-6-4-5-7-10(9)16(2)3/h4-8,11,17H,1-3H3,(H,18,19)(H2,14,15,20). The number of hydrogen-bond donors (Lipinski definition) is 4. The van der Waals surface area contributed by atoms with Crippen molar-refractivity contribution in [1.82, 2.24) is 5.32 Å². The molecule has 0 spiro atoms. The van der Waals surface area contributed by atoms with Gasteiger partial charge in [-0.3, -0.25) is 0 Å². The molecule has 2 unspecified atom stereocenters. The van der Waals surface area contributed by atoms with Gasteiger partial charge >= 0.3 is 12.0 Å². The molecule has 0 bridgehead atoms. The Balaban J connectivity index is 2.79. The Bertz CT molecular complexity index is 488. The largest absolute Gasteiger partial charge is 0.480 e. The molecule has 0 aliphatic rings. The second-order valence-corrected chi connectivity index (χ2v) is 4.57. The van der Waals surface area contributed by atoms with Crippen LogP contribution in [-0.2, 0) is 4.79 Å². The minimum absolute atomic E-state index is 0.546. The molecule has 0 saturated heterocycles. The van der Waals surface area contributed by atoms with Crippen LogP contribution in [0.1, 0.15) is 6.92 Å². The minimum Gasteiger partial charge on any atom is -0.480 e. The first kappa shape index (κ1) is 15.8. The number of aliphatic hydroxyl groups is 1. The first-order valence-electron chi connectivity index (χ1n) is 6.07. The number of urea groups is 1. The molecule has 7 heteroatoms. The van der Waals surface area contributed by atoms with Crippen LogP contribution in [0.3, 0.4) is 0 Å². The normalized spacial score (nSPS) is 13.2. The molecule has 110 valence electrons. The van der Waals surface area contributed by atoms with Crippen molar-refractivity contribution in [3.05, 3.63) is 24.3 Å². The maximum Gasteiger partial charge on any atom is 0.328 e. The van der Waals surface area contributed by atoms with E-state index in [1.807, 2.05) is 31.1 Å². The van der Waals surface area contributed by atoms with Crippen LogP contribution in [0.25, 0.3) is 0 Å². The van der Waals surface area contributed by atoms with Gasteiger partial charge in [0.15, 0.2) is 6.04 Å². The number of benzene rings is 1. The molecule has 1 aromatic carbocycles. The second kappa shape index (κ2) is 6.76. The van der Waals surface area contributed by atoms with E-state index in [0.29, 0.717) is 5.69 Å². The average molecular weight is 281 g/mol. The summed E-state index contributed by atoms with van der Waals surface area (Å²) in [4.78, 5) is 24.5. The van der Waals surface area contributed by atoms with Gasteiger partial charge in [-0.1, -0.05) is 12.1 Å². The van der Waals surface area contributed by atoms with Crippen molar-refractivity contribution in [2.45, 2.75) is 19.1 Å². The van der Waals surface area contributed by atoms with Crippen LogP contribution in [0.15, 0.2) is 24.3 Å². The van der Waals surface area contributed by atoms with Gasteiger partial charge in [0.25, 0.3) is 0 Å². The van der Waals surface area contributed by atoms with Crippen LogP contribution >= 0.6 is 0 Å². The molecule has 2 atom stereocenters. The lowest BCUT2D eigenvalue weighted by molar-refractivity contribution is -0.141. The predicted molar refractivity (Wildman–Crippen MR) is 76.0 cm³/mol. The van der Waals surface area contributed by atoms with Gasteiger partial charge in [0.1, 0.15) is 0 Å². The highest BCUT2D eigenvalue weighted by Crippen LogP contribution is 2.23. The fraction of sp³-hybridized carbons (Fsp3) is 0.385. The molecule has 0 radical (unpaired) electrons. The van der Waals surface area contributed by atoms with E-state index in [2.05, 4.69) is 10.6 Å². The van der Waals surface area contributed by atoms with Gasteiger partial charge in [-0.05, 0) is 19.1 Å². The lowest BCUT2D eigenvalue weighted by Crippen LogP contribution is -2.49. The number of anilines is 2. The monoisotopic (exact) mass is 281 g/mol. The van der Waals surface area contributed by atoms with E-state index in [1.165, 1.54) is 6.92 Å². The Labute approximate surface area is 117 Å². The van der Waals surface area contributed by atoms with Crippen LogP contribution in [-0.4, -0.2) is 48.5 Å². The van der Waals surface area contributed by atoms with Crippen LogP contribution in [0.5, 0.6) is 0 Å². The fourth-order valence-electron chi connectivity index (χ4n) is 1.66. The molecule has 1 aromatic rings. The number of amides is 2. The zero-order valence-electron chi connectivity index (χ0n) is 11.6. The molecule has 0 saturated carbocycles. The van der Waals surface area contributed by atoms with E-state index in [0.717, 1.165) is 5.69 Å². The van der Waals surface area contributed by atoms with Crippen LogP contribution < -0.4 is 15.5 Å². The third-order valence-electron chi connectivity index (χ3n) is 2.67. The Morgan fingerprint density at radius 2 is 1.85 bits per heavy atom. The van der Waals surface area contributed by atoms with E-state index in [1.54, 1.807) is 12.1 Å². The summed E-state index contributed by atoms with van der Waals surface area (Å²) in [6.07, 6.45) is -1.19. The number of nitrogens with zero attached hydrogens (tertiary/aromatic N) is 1. The molecule has 0 aliphatic heterocycles. The molecule has 0 fully saturated rings. The van der Waals surface area contributed by atoms with E-state index in [4.69, 9.17) is 5.11 Å². The molecule has 7 nitrogen and oxygen atoms in total. The highest BCUT2D eigenvalue weighted by molar-refractivity contribution is 5.95. The molecule has 0 aliphatic carbocycles. The third kappa shape index (κ3) is 4.13. The van der Waals surface area contributed by atoms with Crippen LogP contribution in [0.4, 0.5) is 16.2 Å². The summed E-state index contributed by atoms with van der Waals surface area (Å²) in [5.74, 6) is -1.30. The van der Waals surface area contributed by atoms with Crippen molar-refractivity contribution in [2.24, 2.45) is 0 Å². The van der Waals surface area contributed by atoms with Crippen LogP contribution in [0.2, 0.25) is 0 Å². The second-order valence-electron chi connectivity index (χ2n) is 4.57. The number of carboxylic acid groups (broad SMARTS) is 1. The first-order valence-corrected chi connectivity index (χ1v) is 6.07. The Hall–Kier alpha value is -2.28. The Morgan fingerprint density at radius 1 is 1.25 bits per heavy atom. The Morgan fingerprint density at radius 3 is 2.35 bits per heavy atom. The van der Waals surface area contributed by atoms with E-state index in [-0.39, 0.29) is 0 Å². The zero-order chi connectivity index (χ0) is 15.3. The third-order valence-corrected chi connectivity index (χ3v) is 2.67. The summed E-state index contributed by atoms with van der Waals surface area (Å²) in [5.41, 5.74) is 1.33. The number of nitrogens with one attached hydrogen (secondary N) is 2. The lowest BCUT2D eigenvalue weighted by Gasteiger charge is -2.20. The molecular weight excluding hydrogens is 262 g/mol.